The van der Waals surface area contributed by atoms with Crippen molar-refractivity contribution >= 4 is 21.1 Å². The van der Waals surface area contributed by atoms with Gasteiger partial charge in [0, 0.05) is 45.0 Å². The maximum atomic E-state index is 12.4. The zero-order chi connectivity index (χ0) is 18.1. The topological polar surface area (TPSA) is 83.5 Å². The Hall–Kier alpha value is -1.98. The van der Waals surface area contributed by atoms with Crippen LogP contribution in [-0.2, 0) is 14.8 Å². The van der Waals surface area contributed by atoms with Crippen LogP contribution in [0.5, 0.6) is 0 Å². The van der Waals surface area contributed by atoms with Crippen molar-refractivity contribution in [3.63, 3.8) is 0 Å². The van der Waals surface area contributed by atoms with E-state index in [4.69, 9.17) is 0 Å². The minimum atomic E-state index is -3.94. The van der Waals surface area contributed by atoms with Crippen molar-refractivity contribution in [1.82, 2.24) is 14.3 Å². The summed E-state index contributed by atoms with van der Waals surface area (Å²) >= 11 is 0. The van der Waals surface area contributed by atoms with Crippen molar-refractivity contribution in [2.45, 2.75) is 39.0 Å². The van der Waals surface area contributed by atoms with Gasteiger partial charge in [-0.25, -0.2) is 18.4 Å². The number of carbonyl (C=O) groups is 1. The molecule has 1 fully saturated rings. The number of rotatable bonds is 6. The number of sulfonamides is 1. The molecule has 0 atom stereocenters. The first kappa shape index (κ1) is 19.3. The van der Waals surface area contributed by atoms with Crippen LogP contribution in [-0.4, -0.2) is 54.0 Å². The van der Waals surface area contributed by atoms with Crippen LogP contribution in [0.25, 0.3) is 0 Å². The molecule has 2 rings (SSSR count). The summed E-state index contributed by atoms with van der Waals surface area (Å²) in [4.78, 5) is 22.3. The van der Waals surface area contributed by atoms with E-state index in [2.05, 4.69) is 28.7 Å². The lowest BCUT2D eigenvalue weighted by molar-refractivity contribution is -0.111. The van der Waals surface area contributed by atoms with Crippen molar-refractivity contribution in [3.8, 4) is 11.8 Å². The number of unbranched alkanes of at least 4 members (excludes halogenated alkanes) is 3. The van der Waals surface area contributed by atoms with E-state index in [1.165, 1.54) is 4.31 Å². The summed E-state index contributed by atoms with van der Waals surface area (Å²) in [7, 11) is -3.94. The Morgan fingerprint density at radius 2 is 1.80 bits per heavy atom. The average Bonchev–Trinajstić information content (AvgIpc) is 2.65. The molecule has 1 aliphatic rings. The van der Waals surface area contributed by atoms with Gasteiger partial charge >= 0.3 is 0 Å². The molecule has 1 aromatic heterocycles. The normalized spacial score (nSPS) is 15.5. The quantitative estimate of drug-likeness (QED) is 0.561. The summed E-state index contributed by atoms with van der Waals surface area (Å²) in [5.41, 5.74) is 0. The van der Waals surface area contributed by atoms with Crippen molar-refractivity contribution < 1.29 is 13.2 Å². The fraction of sp³-hybridized carbons (Fsp3) is 0.588. The van der Waals surface area contributed by atoms with Crippen LogP contribution < -0.4 is 4.90 Å². The highest BCUT2D eigenvalue weighted by molar-refractivity contribution is 8.04. The number of hydrogen-bond donors (Lipinski definition) is 0. The highest BCUT2D eigenvalue weighted by Crippen LogP contribution is 2.14. The number of carbonyl (C=O) groups excluding carboxylic acids is 1. The summed E-state index contributed by atoms with van der Waals surface area (Å²) in [6, 6.07) is 1.73. The zero-order valence-corrected chi connectivity index (χ0v) is 15.3. The molecule has 0 amide bonds. The minimum absolute atomic E-state index is 0.240. The Bertz CT molecular complexity index is 717. The van der Waals surface area contributed by atoms with Crippen molar-refractivity contribution in [3.05, 3.63) is 18.5 Å². The number of aromatic nitrogens is 2. The van der Waals surface area contributed by atoms with Gasteiger partial charge in [0.1, 0.15) is 0 Å². The van der Waals surface area contributed by atoms with Crippen LogP contribution in [0.15, 0.2) is 18.5 Å². The van der Waals surface area contributed by atoms with Gasteiger partial charge in [-0.05, 0) is 12.5 Å². The van der Waals surface area contributed by atoms with Gasteiger partial charge in [0.05, 0.1) is 6.42 Å². The molecule has 7 nitrogen and oxygen atoms in total. The van der Waals surface area contributed by atoms with Crippen molar-refractivity contribution in [2.75, 3.05) is 31.1 Å². The molecule has 0 radical (unpaired) electrons. The first-order chi connectivity index (χ1) is 12.1. The summed E-state index contributed by atoms with van der Waals surface area (Å²) in [5, 5.41) is -0.820. The maximum Gasteiger partial charge on any atom is 0.278 e. The van der Waals surface area contributed by atoms with E-state index in [0.717, 1.165) is 19.3 Å². The summed E-state index contributed by atoms with van der Waals surface area (Å²) < 4.78 is 25.9. The molecule has 8 heteroatoms. The number of piperazine rings is 1. The molecule has 2 heterocycles. The molecule has 0 unspecified atom stereocenters. The van der Waals surface area contributed by atoms with Crippen LogP contribution in [0.1, 0.15) is 39.0 Å². The Morgan fingerprint density at radius 3 is 2.44 bits per heavy atom. The molecular weight excluding hydrogens is 340 g/mol. The monoisotopic (exact) mass is 364 g/mol. The summed E-state index contributed by atoms with van der Waals surface area (Å²) in [6.45, 7) is 3.51. The predicted molar refractivity (Wildman–Crippen MR) is 96.3 cm³/mol. The molecule has 0 aliphatic carbocycles. The Morgan fingerprint density at radius 1 is 1.12 bits per heavy atom. The van der Waals surface area contributed by atoms with Crippen molar-refractivity contribution in [1.29, 1.82) is 0 Å². The van der Waals surface area contributed by atoms with Gasteiger partial charge in [-0.1, -0.05) is 25.7 Å². The largest absolute Gasteiger partial charge is 0.338 e. The number of nitrogens with zero attached hydrogens (tertiary/aromatic N) is 4. The fourth-order valence-corrected chi connectivity index (χ4v) is 3.69. The van der Waals surface area contributed by atoms with Gasteiger partial charge in [0.15, 0.2) is 0 Å². The minimum Gasteiger partial charge on any atom is -0.338 e. The lowest BCUT2D eigenvalue weighted by atomic mass is 10.2. The standard InChI is InChI=1S/C17H24N4O3S/c1-2-3-4-5-6-7-9-16(22)25(23,24)21-14-12-20(13-15-21)17-18-10-8-11-19-17/h8,10-11H,2-5,9,12-15H2,1H3. The molecule has 0 aromatic carbocycles. The van der Waals surface area contributed by atoms with Gasteiger partial charge in [-0.3, -0.25) is 4.79 Å². The average molecular weight is 364 g/mol. The maximum absolute atomic E-state index is 12.4. The van der Waals surface area contributed by atoms with Crippen LogP contribution in [0.2, 0.25) is 0 Å². The number of hydrogen-bond acceptors (Lipinski definition) is 6. The molecule has 0 spiro atoms. The predicted octanol–water partition coefficient (Wildman–Crippen LogP) is 1.43. The highest BCUT2D eigenvalue weighted by Gasteiger charge is 2.32. The summed E-state index contributed by atoms with van der Waals surface area (Å²) in [6.07, 6.45) is 6.94. The molecule has 1 saturated heterocycles. The Kier molecular flexibility index (Phi) is 7.34. The van der Waals surface area contributed by atoms with E-state index in [0.29, 0.717) is 25.5 Å². The van der Waals surface area contributed by atoms with Gasteiger partial charge in [0.25, 0.3) is 15.1 Å². The number of anilines is 1. The first-order valence-electron chi connectivity index (χ1n) is 8.56. The Labute approximate surface area is 149 Å². The lowest BCUT2D eigenvalue weighted by Crippen LogP contribution is -2.50. The smallest absolute Gasteiger partial charge is 0.278 e. The van der Waals surface area contributed by atoms with E-state index in [1.54, 1.807) is 18.5 Å². The Balaban J connectivity index is 1.85. The lowest BCUT2D eigenvalue weighted by Gasteiger charge is -2.33. The SMILES string of the molecule is CCCCCC#CCC(=O)S(=O)(=O)N1CCN(c2ncccn2)CC1. The first-order valence-corrected chi connectivity index (χ1v) is 10.0. The van der Waals surface area contributed by atoms with E-state index >= 15 is 0 Å². The van der Waals surface area contributed by atoms with Crippen LogP contribution >= 0.6 is 0 Å². The van der Waals surface area contributed by atoms with Gasteiger partial charge < -0.3 is 4.90 Å². The van der Waals surface area contributed by atoms with Crippen molar-refractivity contribution in [2.24, 2.45) is 0 Å². The van der Waals surface area contributed by atoms with E-state index in [1.807, 2.05) is 4.90 Å². The van der Waals surface area contributed by atoms with E-state index in [9.17, 15) is 13.2 Å². The van der Waals surface area contributed by atoms with E-state index < -0.39 is 15.1 Å². The zero-order valence-electron chi connectivity index (χ0n) is 14.5. The van der Waals surface area contributed by atoms with Gasteiger partial charge in [-0.2, -0.15) is 4.31 Å². The third kappa shape index (κ3) is 5.51. The van der Waals surface area contributed by atoms with Crippen LogP contribution in [0, 0.1) is 11.8 Å². The fourth-order valence-electron chi connectivity index (χ4n) is 2.50. The third-order valence-electron chi connectivity index (χ3n) is 3.96. The molecule has 0 saturated carbocycles. The second-order valence-electron chi connectivity index (χ2n) is 5.80. The molecule has 136 valence electrons. The third-order valence-corrected chi connectivity index (χ3v) is 5.73. The molecule has 25 heavy (non-hydrogen) atoms. The second-order valence-corrected chi connectivity index (χ2v) is 7.72. The molecular formula is C17H24N4O3S. The van der Waals surface area contributed by atoms with Crippen LogP contribution in [0.4, 0.5) is 5.95 Å². The molecule has 0 bridgehead atoms. The second kappa shape index (κ2) is 9.49. The van der Waals surface area contributed by atoms with Gasteiger partial charge in [0.2, 0.25) is 5.95 Å². The molecule has 1 aromatic rings. The van der Waals surface area contributed by atoms with Gasteiger partial charge in [-0.15, -0.1) is 5.92 Å². The molecule has 0 N–H and O–H groups in total. The van der Waals surface area contributed by atoms with E-state index in [-0.39, 0.29) is 19.5 Å². The summed E-state index contributed by atoms with van der Waals surface area (Å²) in [5.74, 6) is 6.14. The van der Waals surface area contributed by atoms with Crippen LogP contribution in [0.3, 0.4) is 0 Å². The highest BCUT2D eigenvalue weighted by atomic mass is 32.2. The molecule has 1 aliphatic heterocycles.